The second kappa shape index (κ2) is 5.77. The molecule has 7 heteroatoms. The van der Waals surface area contributed by atoms with E-state index in [1.807, 2.05) is 6.07 Å². The lowest BCUT2D eigenvalue weighted by Gasteiger charge is -2.31. The average Bonchev–Trinajstić information content (AvgIpc) is 2.39. The van der Waals surface area contributed by atoms with Gasteiger partial charge in [-0.3, -0.25) is 4.90 Å². The third-order valence-corrected chi connectivity index (χ3v) is 3.20. The third kappa shape index (κ3) is 3.26. The zero-order valence-corrected chi connectivity index (χ0v) is 10.5. The molecule has 1 fully saturated rings. The first-order valence-electron chi connectivity index (χ1n) is 6.14. The maximum Gasteiger partial charge on any atom is 0.416 e. The maximum absolute atomic E-state index is 13.4. The highest BCUT2D eigenvalue weighted by atomic mass is 19.4. The molecular formula is C13H13F4N3. The van der Waals surface area contributed by atoms with E-state index in [0.29, 0.717) is 32.2 Å². The van der Waals surface area contributed by atoms with Gasteiger partial charge in [-0.15, -0.1) is 0 Å². The molecule has 108 valence electrons. The summed E-state index contributed by atoms with van der Waals surface area (Å²) in [5, 5.41) is 12.3. The van der Waals surface area contributed by atoms with Gasteiger partial charge < -0.3 is 5.32 Å². The van der Waals surface area contributed by atoms with Crippen molar-refractivity contribution in [2.24, 2.45) is 0 Å². The van der Waals surface area contributed by atoms with E-state index in [0.717, 1.165) is 12.1 Å². The van der Waals surface area contributed by atoms with Crippen molar-refractivity contribution in [2.45, 2.75) is 12.2 Å². The van der Waals surface area contributed by atoms with Crippen LogP contribution in [0.15, 0.2) is 18.2 Å². The maximum atomic E-state index is 13.4. The largest absolute Gasteiger partial charge is 0.416 e. The molecule has 1 aromatic rings. The van der Waals surface area contributed by atoms with Gasteiger partial charge in [-0.2, -0.15) is 18.4 Å². The fourth-order valence-electron chi connectivity index (χ4n) is 2.24. The minimum absolute atomic E-state index is 0.0433. The molecule has 20 heavy (non-hydrogen) atoms. The zero-order valence-electron chi connectivity index (χ0n) is 10.5. The highest BCUT2D eigenvalue weighted by Gasteiger charge is 2.33. The summed E-state index contributed by atoms with van der Waals surface area (Å²) in [6, 6.07) is 3.37. The van der Waals surface area contributed by atoms with Crippen molar-refractivity contribution in [3.63, 3.8) is 0 Å². The number of piperazine rings is 1. The highest BCUT2D eigenvalue weighted by Crippen LogP contribution is 2.32. The summed E-state index contributed by atoms with van der Waals surface area (Å²) in [7, 11) is 0. The van der Waals surface area contributed by atoms with E-state index in [1.54, 1.807) is 4.90 Å². The highest BCUT2D eigenvalue weighted by molar-refractivity contribution is 5.32. The predicted octanol–water partition coefficient (Wildman–Crippen LogP) is 2.31. The molecule has 0 amide bonds. The van der Waals surface area contributed by atoms with Gasteiger partial charge in [0.25, 0.3) is 0 Å². The molecule has 1 heterocycles. The smallest absolute Gasteiger partial charge is 0.314 e. The van der Waals surface area contributed by atoms with Crippen LogP contribution >= 0.6 is 0 Å². The number of alkyl halides is 3. The van der Waals surface area contributed by atoms with E-state index in [2.05, 4.69) is 5.32 Å². The van der Waals surface area contributed by atoms with E-state index < -0.39 is 23.6 Å². The summed E-state index contributed by atoms with van der Waals surface area (Å²) in [5.41, 5.74) is -1.02. The van der Waals surface area contributed by atoms with Gasteiger partial charge in [0.05, 0.1) is 11.6 Å². The molecule has 1 aliphatic heterocycles. The first kappa shape index (κ1) is 14.8. The number of rotatable bonds is 2. The van der Waals surface area contributed by atoms with Crippen molar-refractivity contribution in [1.82, 2.24) is 10.2 Å². The van der Waals surface area contributed by atoms with Crippen LogP contribution < -0.4 is 5.32 Å². The van der Waals surface area contributed by atoms with Crippen molar-refractivity contribution in [1.29, 1.82) is 5.26 Å². The van der Waals surface area contributed by atoms with E-state index in [1.165, 1.54) is 0 Å². The number of halogens is 4. The van der Waals surface area contributed by atoms with Crippen LogP contribution in [0, 0.1) is 17.1 Å². The summed E-state index contributed by atoms with van der Waals surface area (Å²) in [4.78, 5) is 1.74. The molecule has 2 rings (SSSR count). The Kier molecular flexibility index (Phi) is 4.26. The minimum Gasteiger partial charge on any atom is -0.314 e. The van der Waals surface area contributed by atoms with Gasteiger partial charge in [0.15, 0.2) is 0 Å². The van der Waals surface area contributed by atoms with Crippen LogP contribution in [0.4, 0.5) is 17.6 Å². The summed E-state index contributed by atoms with van der Waals surface area (Å²) in [5.74, 6) is -0.981. The Morgan fingerprint density at radius 3 is 2.40 bits per heavy atom. The Morgan fingerprint density at radius 1 is 1.20 bits per heavy atom. The molecule has 0 bridgehead atoms. The van der Waals surface area contributed by atoms with Gasteiger partial charge in [0.2, 0.25) is 0 Å². The number of benzene rings is 1. The zero-order chi connectivity index (χ0) is 14.8. The topological polar surface area (TPSA) is 39.1 Å². The van der Waals surface area contributed by atoms with Crippen LogP contribution in [-0.4, -0.2) is 31.1 Å². The lowest BCUT2D eigenvalue weighted by Crippen LogP contribution is -2.44. The molecule has 1 unspecified atom stereocenters. The average molecular weight is 287 g/mol. The molecule has 0 saturated carbocycles. The fraction of sp³-hybridized carbons (Fsp3) is 0.462. The van der Waals surface area contributed by atoms with Gasteiger partial charge in [-0.1, -0.05) is 0 Å². The normalized spacial score (nSPS) is 18.6. The van der Waals surface area contributed by atoms with Crippen molar-refractivity contribution in [2.75, 3.05) is 26.2 Å². The van der Waals surface area contributed by atoms with Gasteiger partial charge in [0.1, 0.15) is 11.9 Å². The molecule has 1 aromatic carbocycles. The minimum atomic E-state index is -4.62. The van der Waals surface area contributed by atoms with Crippen LogP contribution in [-0.2, 0) is 6.18 Å². The van der Waals surface area contributed by atoms with Crippen LogP contribution in [0.1, 0.15) is 17.2 Å². The Balaban J connectivity index is 2.34. The number of hydrogen-bond donors (Lipinski definition) is 1. The summed E-state index contributed by atoms with van der Waals surface area (Å²) >= 11 is 0. The van der Waals surface area contributed by atoms with Gasteiger partial charge >= 0.3 is 6.18 Å². The Bertz CT molecular complexity index is 515. The first-order valence-corrected chi connectivity index (χ1v) is 6.14. The number of hydrogen-bond acceptors (Lipinski definition) is 3. The third-order valence-electron chi connectivity index (χ3n) is 3.20. The summed E-state index contributed by atoms with van der Waals surface area (Å²) in [6.45, 7) is 2.38. The molecule has 1 aliphatic rings. The molecule has 3 nitrogen and oxygen atoms in total. The molecule has 0 aromatic heterocycles. The van der Waals surface area contributed by atoms with Crippen molar-refractivity contribution >= 4 is 0 Å². The lowest BCUT2D eigenvalue weighted by molar-refractivity contribution is -0.137. The van der Waals surface area contributed by atoms with E-state index in [9.17, 15) is 22.8 Å². The van der Waals surface area contributed by atoms with Crippen LogP contribution in [0.2, 0.25) is 0 Å². The standard InChI is InChI=1S/C13H13F4N3/c14-11-6-9(5-10(7-11)13(15,16)17)12(8-18)20-3-1-19-2-4-20/h5-7,12,19H,1-4H2. The molecular weight excluding hydrogens is 274 g/mol. The fourth-order valence-corrected chi connectivity index (χ4v) is 2.24. The Hall–Kier alpha value is -1.65. The molecule has 1 atom stereocenters. The molecule has 0 radical (unpaired) electrons. The van der Waals surface area contributed by atoms with Crippen molar-refractivity contribution in [3.05, 3.63) is 35.1 Å². The van der Waals surface area contributed by atoms with Crippen LogP contribution in [0.25, 0.3) is 0 Å². The van der Waals surface area contributed by atoms with E-state index in [-0.39, 0.29) is 5.56 Å². The quantitative estimate of drug-likeness (QED) is 0.848. The SMILES string of the molecule is N#CC(c1cc(F)cc(C(F)(F)F)c1)N1CCNCC1. The number of nitriles is 1. The van der Waals surface area contributed by atoms with Gasteiger partial charge in [-0.05, 0) is 23.8 Å². The molecule has 1 N–H and O–H groups in total. The summed E-state index contributed by atoms with van der Waals surface area (Å²) in [6.07, 6.45) is -4.62. The second-order valence-corrected chi connectivity index (χ2v) is 4.59. The summed E-state index contributed by atoms with van der Waals surface area (Å²) < 4.78 is 51.4. The lowest BCUT2D eigenvalue weighted by atomic mass is 10.0. The molecule has 0 spiro atoms. The Morgan fingerprint density at radius 2 is 1.85 bits per heavy atom. The van der Waals surface area contributed by atoms with E-state index in [4.69, 9.17) is 0 Å². The second-order valence-electron chi connectivity index (χ2n) is 4.59. The first-order chi connectivity index (χ1) is 9.41. The van der Waals surface area contributed by atoms with Gasteiger partial charge in [0, 0.05) is 26.2 Å². The predicted molar refractivity (Wildman–Crippen MR) is 64.2 cm³/mol. The van der Waals surface area contributed by atoms with Crippen LogP contribution in [0.3, 0.4) is 0 Å². The van der Waals surface area contributed by atoms with Crippen molar-refractivity contribution in [3.8, 4) is 6.07 Å². The molecule has 0 aliphatic carbocycles. The Labute approximate surface area is 113 Å². The van der Waals surface area contributed by atoms with Crippen molar-refractivity contribution < 1.29 is 17.6 Å². The van der Waals surface area contributed by atoms with Crippen LogP contribution in [0.5, 0.6) is 0 Å². The van der Waals surface area contributed by atoms with E-state index >= 15 is 0 Å². The number of nitrogens with zero attached hydrogens (tertiary/aromatic N) is 2. The number of nitrogens with one attached hydrogen (secondary N) is 1. The molecule has 1 saturated heterocycles. The van der Waals surface area contributed by atoms with Gasteiger partial charge in [-0.25, -0.2) is 4.39 Å². The monoisotopic (exact) mass is 287 g/mol.